The molecule has 2 unspecified atom stereocenters. The third-order valence-electron chi connectivity index (χ3n) is 11.1. The van der Waals surface area contributed by atoms with Crippen LogP contribution in [0.15, 0.2) is 77.9 Å². The van der Waals surface area contributed by atoms with E-state index in [9.17, 15) is 0 Å². The summed E-state index contributed by atoms with van der Waals surface area (Å²) < 4.78 is 6.59. The Bertz CT molecular complexity index is 1950. The Morgan fingerprint density at radius 3 is 1.64 bits per heavy atom. The topological polar surface area (TPSA) is 0 Å². The van der Waals surface area contributed by atoms with Crippen LogP contribution in [0.5, 0.6) is 0 Å². The first-order valence-corrected chi connectivity index (χ1v) is 29.8. The van der Waals surface area contributed by atoms with Crippen molar-refractivity contribution < 1.29 is 17.4 Å². The second kappa shape index (κ2) is 12.6. The van der Waals surface area contributed by atoms with Crippen LogP contribution >= 0.6 is 24.8 Å². The molecule has 2 atom stereocenters. The van der Waals surface area contributed by atoms with E-state index in [1.54, 1.807) is 22.3 Å². The van der Waals surface area contributed by atoms with E-state index in [-0.39, 0.29) is 24.8 Å². The summed E-state index contributed by atoms with van der Waals surface area (Å²) >= 11 is -3.69. The Morgan fingerprint density at radius 2 is 1.09 bits per heavy atom. The van der Waals surface area contributed by atoms with Gasteiger partial charge in [0.2, 0.25) is 0 Å². The van der Waals surface area contributed by atoms with Crippen molar-refractivity contribution in [2.45, 2.75) is 71.9 Å². The average molecular weight is 733 g/mol. The van der Waals surface area contributed by atoms with Gasteiger partial charge in [-0.2, -0.15) is 0 Å². The first kappa shape index (κ1) is 35.9. The molecule has 4 heteroatoms. The van der Waals surface area contributed by atoms with Crippen LogP contribution in [0, 0.1) is 40.5 Å². The Hall–Kier alpha value is -1.96. The van der Waals surface area contributed by atoms with Crippen molar-refractivity contribution in [2.75, 3.05) is 0 Å². The molecule has 45 heavy (non-hydrogen) atoms. The van der Waals surface area contributed by atoms with Gasteiger partial charge in [-0.25, -0.2) is 0 Å². The fourth-order valence-electron chi connectivity index (χ4n) is 8.75. The molecule has 0 heterocycles. The molecule has 0 radical (unpaired) electrons. The third kappa shape index (κ3) is 5.67. The zero-order chi connectivity index (χ0) is 31.0. The van der Waals surface area contributed by atoms with Gasteiger partial charge in [0.25, 0.3) is 0 Å². The first-order chi connectivity index (χ1) is 20.2. The number of rotatable bonds is 5. The minimum Gasteiger partial charge on any atom is -0.147 e. The monoisotopic (exact) mass is 730 g/mol. The molecule has 0 N–H and O–H groups in total. The van der Waals surface area contributed by atoms with Crippen molar-refractivity contribution in [3.05, 3.63) is 128 Å². The van der Waals surface area contributed by atoms with Crippen LogP contribution in [-0.4, -0.2) is 6.88 Å². The molecule has 0 saturated carbocycles. The van der Waals surface area contributed by atoms with Crippen molar-refractivity contribution in [1.82, 2.24) is 0 Å². The van der Waals surface area contributed by atoms with E-state index in [4.69, 9.17) is 0 Å². The van der Waals surface area contributed by atoms with Gasteiger partial charge < -0.3 is 0 Å². The van der Waals surface area contributed by atoms with Crippen LogP contribution < -0.4 is 0 Å². The van der Waals surface area contributed by atoms with Crippen molar-refractivity contribution >= 4 is 43.8 Å². The predicted molar refractivity (Wildman–Crippen MR) is 204 cm³/mol. The van der Waals surface area contributed by atoms with Crippen molar-refractivity contribution in [3.63, 3.8) is 0 Å². The Labute approximate surface area is 287 Å². The summed E-state index contributed by atoms with van der Waals surface area (Å²) in [4.78, 5) is 0. The maximum absolute atomic E-state index is 3.69. The number of fused-ring (bicyclic) bond motifs is 2. The largest absolute Gasteiger partial charge is 0.147 e. The van der Waals surface area contributed by atoms with Crippen LogP contribution in [0.3, 0.4) is 0 Å². The van der Waals surface area contributed by atoms with Gasteiger partial charge in [0.15, 0.2) is 0 Å². The van der Waals surface area contributed by atoms with Crippen LogP contribution in [0.25, 0.3) is 34.4 Å². The van der Waals surface area contributed by atoms with Crippen molar-refractivity contribution in [1.29, 1.82) is 0 Å². The Morgan fingerprint density at radius 1 is 0.578 bits per heavy atom. The third-order valence-corrected chi connectivity index (χ3v) is 28.6. The van der Waals surface area contributed by atoms with E-state index in [1.807, 2.05) is 0 Å². The van der Waals surface area contributed by atoms with Crippen LogP contribution in [0.2, 0.25) is 9.26 Å². The number of hydrogen-bond acceptors (Lipinski definition) is 0. The number of hydrogen-bond donors (Lipinski definition) is 0. The molecule has 6 rings (SSSR count). The molecule has 0 amide bonds. The molecule has 0 aromatic heterocycles. The van der Waals surface area contributed by atoms with E-state index in [0.29, 0.717) is 13.2 Å². The summed E-state index contributed by atoms with van der Waals surface area (Å²) in [6.45, 7) is 21.2. The Kier molecular flexibility index (Phi) is 10.0. The van der Waals surface area contributed by atoms with Gasteiger partial charge in [-0.1, -0.05) is 0 Å². The quantitative estimate of drug-likeness (QED) is 0.179. The van der Waals surface area contributed by atoms with E-state index < -0.39 is 17.4 Å². The zero-order valence-electron chi connectivity index (χ0n) is 28.8. The molecule has 0 aliphatic heterocycles. The molecule has 4 aromatic carbocycles. The SMILES string of the molecule is CC1=Cc2c(-c3cccc(C)c3C)ccc(C)c2[CH]1[Zr]([CH3])([CH3])(=[SiH2])[CH]1C(C(C)C)=Cc2c(-c3cccc(C)c3C)cccc21.Cl.Cl. The fraction of sp³-hybridized carbons (Fsp3) is 0.317. The maximum atomic E-state index is 2.78. The minimum atomic E-state index is -3.69. The summed E-state index contributed by atoms with van der Waals surface area (Å²) in [5.41, 5.74) is 21.9. The number of benzene rings is 4. The van der Waals surface area contributed by atoms with Gasteiger partial charge in [0.1, 0.15) is 0 Å². The van der Waals surface area contributed by atoms with Crippen LogP contribution in [-0.2, 0) is 17.4 Å². The summed E-state index contributed by atoms with van der Waals surface area (Å²) in [7, 11) is 0. The smallest absolute Gasteiger partial charge is 0.147 e. The van der Waals surface area contributed by atoms with Gasteiger partial charge in [-0.05, 0) is 0 Å². The number of aryl methyl sites for hydroxylation is 3. The predicted octanol–water partition coefficient (Wildman–Crippen LogP) is 12.0. The van der Waals surface area contributed by atoms with E-state index in [0.717, 1.165) is 0 Å². The molecular formula is C41H50Cl2SiZr. The van der Waals surface area contributed by atoms with Gasteiger partial charge in [0, 0.05) is 0 Å². The van der Waals surface area contributed by atoms with Crippen LogP contribution in [0.1, 0.15) is 78.1 Å². The molecular weight excluding hydrogens is 683 g/mol. The standard InChI is InChI=1S/C20H21.C19H19.2CH3.2ClH.H2Si.Zr/c1-13(2)17-11-16-8-6-10-19(20(16)12-17)18-9-5-7-14(3)15(18)4;1-12-10-18-14(3)8-9-17(19(18)11-12)16-7-5-6-13(2)15(16)4;;;;;;/h5-13H,1-4H3;5-11H,1-4H3;2*1H3;2*1H;1H2;. The van der Waals surface area contributed by atoms with E-state index >= 15 is 0 Å². The second-order valence-electron chi connectivity index (χ2n) is 15.1. The van der Waals surface area contributed by atoms with E-state index in [1.165, 1.54) is 61.2 Å². The van der Waals surface area contributed by atoms with Gasteiger partial charge in [-0.15, -0.1) is 24.8 Å². The fourth-order valence-corrected chi connectivity index (χ4v) is 29.4. The molecule has 0 spiro atoms. The summed E-state index contributed by atoms with van der Waals surface area (Å²) in [5, 5.41) is 0. The summed E-state index contributed by atoms with van der Waals surface area (Å²) in [6.07, 6.45) is 5.18. The van der Waals surface area contributed by atoms with Gasteiger partial charge in [0.05, 0.1) is 0 Å². The van der Waals surface area contributed by atoms with Gasteiger partial charge in [-0.3, -0.25) is 0 Å². The normalized spacial score (nSPS) is 17.2. The first-order valence-electron chi connectivity index (χ1n) is 16.1. The molecule has 2 aliphatic carbocycles. The number of allylic oxidation sites excluding steroid dienone is 2. The molecule has 236 valence electrons. The zero-order valence-corrected chi connectivity index (χ0v) is 34.3. The summed E-state index contributed by atoms with van der Waals surface area (Å²) in [6, 6.07) is 25.5. The second-order valence-corrected chi connectivity index (χ2v) is 45.5. The maximum Gasteiger partial charge on any atom is -0.147 e. The Balaban J connectivity index is 0.00000230. The molecule has 0 saturated heterocycles. The van der Waals surface area contributed by atoms with Crippen molar-refractivity contribution in [2.24, 2.45) is 5.92 Å². The summed E-state index contributed by atoms with van der Waals surface area (Å²) in [5.74, 6) is 0.508. The molecule has 0 fully saturated rings. The minimum absolute atomic E-state index is 0. The average Bonchev–Trinajstić information content (AvgIpc) is 3.53. The van der Waals surface area contributed by atoms with E-state index in [2.05, 4.69) is 150 Å². The van der Waals surface area contributed by atoms with Crippen LogP contribution in [0.4, 0.5) is 0 Å². The molecule has 0 bridgehead atoms. The van der Waals surface area contributed by atoms with Crippen molar-refractivity contribution in [3.8, 4) is 22.3 Å². The molecule has 0 nitrogen and oxygen atoms in total. The number of halogens is 2. The molecule has 2 aliphatic rings. The van der Waals surface area contributed by atoms with Gasteiger partial charge >= 0.3 is 264 Å². The molecule has 4 aromatic rings.